The van der Waals surface area contributed by atoms with Gasteiger partial charge in [0.1, 0.15) is 0 Å². The van der Waals surface area contributed by atoms with Crippen LogP contribution >= 0.6 is 0 Å². The zero-order valence-corrected chi connectivity index (χ0v) is 32.4. The fourth-order valence-electron chi connectivity index (χ4n) is 11.3. The highest BCUT2D eigenvalue weighted by Crippen LogP contribution is 2.51. The lowest BCUT2D eigenvalue weighted by Gasteiger charge is -2.25. The number of fused-ring (bicyclic) bond motifs is 17. The van der Waals surface area contributed by atoms with Crippen molar-refractivity contribution in [2.75, 3.05) is 0 Å². The summed E-state index contributed by atoms with van der Waals surface area (Å²) in [4.78, 5) is 0. The number of hydrogen-bond donors (Lipinski definition) is 0. The quantitative estimate of drug-likeness (QED) is 0.110. The van der Waals surface area contributed by atoms with Crippen LogP contribution in [0.25, 0.3) is 108 Å². The number of rotatable bonds is 0. The Morgan fingerprint density at radius 1 is 0.204 bits per heavy atom. The SMILES string of the molecule is Cc1ccc(C)c2c(C)c3c(C)c4c(C)c5c6ccc7ccc8ccccc8c7c6c6c(ccc7ccc8ccccc8c76)c5c(C)c4c(C)c3c(C)c12. The molecule has 0 amide bonds. The van der Waals surface area contributed by atoms with Gasteiger partial charge in [-0.25, -0.2) is 0 Å². The van der Waals surface area contributed by atoms with Gasteiger partial charge in [-0.1, -0.05) is 109 Å². The number of benzene rings is 11. The van der Waals surface area contributed by atoms with Gasteiger partial charge in [0.2, 0.25) is 0 Å². The molecule has 0 aliphatic carbocycles. The van der Waals surface area contributed by atoms with Crippen LogP contribution in [0, 0.1) is 55.4 Å². The molecule has 0 saturated heterocycles. The molecule has 0 unspecified atom stereocenters. The Hall–Kier alpha value is -5.98. The standard InChI is InChI=1S/C54H42/c1-27-17-18-28(2)44-30(4)46-32(6)48-34(8)50-42-26-24-38-22-20-36-14-10-12-16-40(36)52(38)54(42)53-41(25-23-37-21-19-35-13-9-11-15-39(35)51(37)53)49(50)33(7)47(48)31(5)45(46)29(3)43(27)44/h9-26H,1-8H3. The molecular formula is C54H42. The Labute approximate surface area is 315 Å². The summed E-state index contributed by atoms with van der Waals surface area (Å²) >= 11 is 0. The summed E-state index contributed by atoms with van der Waals surface area (Å²) in [6.07, 6.45) is 0. The molecule has 0 saturated carbocycles. The van der Waals surface area contributed by atoms with Crippen LogP contribution in [0.2, 0.25) is 0 Å². The summed E-state index contributed by atoms with van der Waals surface area (Å²) in [6.45, 7) is 18.9. The van der Waals surface area contributed by atoms with E-state index >= 15 is 0 Å². The largest absolute Gasteiger partial charge is 0.0616 e. The fraction of sp³-hybridized carbons (Fsp3) is 0.148. The first-order valence-corrected chi connectivity index (χ1v) is 19.5. The minimum atomic E-state index is 1.28. The van der Waals surface area contributed by atoms with Gasteiger partial charge in [-0.05, 0) is 208 Å². The monoisotopic (exact) mass is 690 g/mol. The van der Waals surface area contributed by atoms with Gasteiger partial charge in [0, 0.05) is 0 Å². The molecule has 0 aromatic heterocycles. The molecule has 11 rings (SSSR count). The first kappa shape index (κ1) is 31.5. The first-order valence-electron chi connectivity index (χ1n) is 19.5. The van der Waals surface area contributed by atoms with Crippen LogP contribution in [0.3, 0.4) is 0 Å². The summed E-state index contributed by atoms with van der Waals surface area (Å²) in [5, 5.41) is 27.2. The first-order chi connectivity index (χ1) is 26.2. The Bertz CT molecular complexity index is 3320. The predicted molar refractivity (Wildman–Crippen MR) is 239 cm³/mol. The van der Waals surface area contributed by atoms with Crippen molar-refractivity contribution in [3.05, 3.63) is 154 Å². The van der Waals surface area contributed by atoms with E-state index in [9.17, 15) is 0 Å². The third-order valence-electron chi connectivity index (χ3n) is 13.5. The van der Waals surface area contributed by atoms with Crippen LogP contribution in [-0.2, 0) is 0 Å². The van der Waals surface area contributed by atoms with E-state index in [-0.39, 0.29) is 0 Å². The summed E-state index contributed by atoms with van der Waals surface area (Å²) in [5.41, 5.74) is 11.1. The molecule has 0 aliphatic heterocycles. The predicted octanol–water partition coefficient (Wildman–Crippen LogP) is 15.7. The number of hydrogen-bond acceptors (Lipinski definition) is 0. The van der Waals surface area contributed by atoms with Crippen LogP contribution in [0.1, 0.15) is 44.5 Å². The van der Waals surface area contributed by atoms with E-state index in [1.54, 1.807) is 0 Å². The van der Waals surface area contributed by atoms with Crippen molar-refractivity contribution in [3.8, 4) is 0 Å². The maximum atomic E-state index is 2.44. The van der Waals surface area contributed by atoms with Crippen LogP contribution in [0.15, 0.2) is 109 Å². The minimum absolute atomic E-state index is 1.28. The van der Waals surface area contributed by atoms with Crippen LogP contribution in [0.4, 0.5) is 0 Å². The van der Waals surface area contributed by atoms with E-state index in [1.165, 1.54) is 152 Å². The molecule has 0 fully saturated rings. The lowest BCUT2D eigenvalue weighted by molar-refractivity contribution is 1.39. The zero-order chi connectivity index (χ0) is 36.9. The summed E-state index contributed by atoms with van der Waals surface area (Å²) in [7, 11) is 0. The minimum Gasteiger partial charge on any atom is -0.0616 e. The van der Waals surface area contributed by atoms with E-state index in [4.69, 9.17) is 0 Å². The Morgan fingerprint density at radius 2 is 0.519 bits per heavy atom. The summed E-state index contributed by atoms with van der Waals surface area (Å²) in [6, 6.07) is 41.4. The van der Waals surface area contributed by atoms with Gasteiger partial charge in [-0.3, -0.25) is 0 Å². The highest BCUT2D eigenvalue weighted by Gasteiger charge is 2.25. The highest BCUT2D eigenvalue weighted by atomic mass is 14.3. The van der Waals surface area contributed by atoms with Crippen molar-refractivity contribution in [3.63, 3.8) is 0 Å². The van der Waals surface area contributed by atoms with Gasteiger partial charge >= 0.3 is 0 Å². The van der Waals surface area contributed by atoms with Gasteiger partial charge in [-0.2, -0.15) is 0 Å². The Kier molecular flexibility index (Phi) is 6.31. The van der Waals surface area contributed by atoms with Gasteiger partial charge in [0.05, 0.1) is 0 Å². The molecule has 258 valence electrons. The van der Waals surface area contributed by atoms with Crippen molar-refractivity contribution in [2.24, 2.45) is 0 Å². The zero-order valence-electron chi connectivity index (χ0n) is 32.4. The third-order valence-corrected chi connectivity index (χ3v) is 13.5. The van der Waals surface area contributed by atoms with E-state index in [1.807, 2.05) is 0 Å². The summed E-state index contributed by atoms with van der Waals surface area (Å²) in [5.74, 6) is 0. The molecule has 0 N–H and O–H groups in total. The molecule has 54 heavy (non-hydrogen) atoms. The molecule has 0 nitrogen and oxygen atoms in total. The smallest absolute Gasteiger partial charge is 0.000753 e. The van der Waals surface area contributed by atoms with E-state index < -0.39 is 0 Å². The second-order valence-electron chi connectivity index (χ2n) is 16.2. The Balaban J connectivity index is 1.50. The molecule has 0 aliphatic rings. The molecule has 0 atom stereocenters. The topological polar surface area (TPSA) is 0 Å². The second kappa shape index (κ2) is 10.8. The molecule has 11 aromatic rings. The second-order valence-corrected chi connectivity index (χ2v) is 16.2. The lowest BCUT2D eigenvalue weighted by Crippen LogP contribution is -2.01. The fourth-order valence-corrected chi connectivity index (χ4v) is 11.3. The maximum Gasteiger partial charge on any atom is -0.000753 e. The third kappa shape index (κ3) is 3.78. The van der Waals surface area contributed by atoms with Gasteiger partial charge in [0.15, 0.2) is 0 Å². The molecule has 0 spiro atoms. The van der Waals surface area contributed by atoms with Crippen molar-refractivity contribution < 1.29 is 0 Å². The molecule has 0 bridgehead atoms. The van der Waals surface area contributed by atoms with Gasteiger partial charge < -0.3 is 0 Å². The van der Waals surface area contributed by atoms with Crippen LogP contribution < -0.4 is 0 Å². The molecule has 0 heterocycles. The summed E-state index contributed by atoms with van der Waals surface area (Å²) < 4.78 is 0. The van der Waals surface area contributed by atoms with Crippen molar-refractivity contribution in [1.29, 1.82) is 0 Å². The molecule has 0 radical (unpaired) electrons. The van der Waals surface area contributed by atoms with Crippen LogP contribution in [-0.4, -0.2) is 0 Å². The normalized spacial score (nSPS) is 12.4. The van der Waals surface area contributed by atoms with Crippen molar-refractivity contribution >= 4 is 108 Å². The molecule has 0 heteroatoms. The van der Waals surface area contributed by atoms with E-state index in [0.717, 1.165) is 0 Å². The van der Waals surface area contributed by atoms with E-state index in [2.05, 4.69) is 165 Å². The Morgan fingerprint density at radius 3 is 0.926 bits per heavy atom. The lowest BCUT2D eigenvalue weighted by atomic mass is 9.78. The van der Waals surface area contributed by atoms with Crippen molar-refractivity contribution in [2.45, 2.75) is 55.4 Å². The van der Waals surface area contributed by atoms with E-state index in [0.29, 0.717) is 0 Å². The van der Waals surface area contributed by atoms with Crippen molar-refractivity contribution in [1.82, 2.24) is 0 Å². The average Bonchev–Trinajstić information content (AvgIpc) is 3.19. The molecular weight excluding hydrogens is 649 g/mol. The average molecular weight is 691 g/mol. The maximum absolute atomic E-state index is 2.44. The number of aryl methyl sites for hydroxylation is 8. The van der Waals surface area contributed by atoms with Gasteiger partial charge in [-0.15, -0.1) is 0 Å². The highest BCUT2D eigenvalue weighted by molar-refractivity contribution is 6.43. The van der Waals surface area contributed by atoms with Gasteiger partial charge in [0.25, 0.3) is 0 Å². The molecule has 11 aromatic carbocycles. The van der Waals surface area contributed by atoms with Crippen LogP contribution in [0.5, 0.6) is 0 Å².